The number of benzene rings is 1. The van der Waals surface area contributed by atoms with Gasteiger partial charge in [0.25, 0.3) is 0 Å². The van der Waals surface area contributed by atoms with Gasteiger partial charge in [-0.15, -0.1) is 0 Å². The predicted octanol–water partition coefficient (Wildman–Crippen LogP) is 2.55. The lowest BCUT2D eigenvalue weighted by molar-refractivity contribution is 0.00422. The van der Waals surface area contributed by atoms with Crippen LogP contribution in [0.3, 0.4) is 0 Å². The highest BCUT2D eigenvalue weighted by Gasteiger charge is 2.25. The molecule has 0 spiro atoms. The molecule has 2 unspecified atom stereocenters. The van der Waals surface area contributed by atoms with Gasteiger partial charge in [0, 0.05) is 25.7 Å². The summed E-state index contributed by atoms with van der Waals surface area (Å²) in [5.41, 5.74) is 2.90. The van der Waals surface area contributed by atoms with Gasteiger partial charge in [0.2, 0.25) is 0 Å². The zero-order chi connectivity index (χ0) is 15.9. The number of hydrogen-bond acceptors (Lipinski definition) is 4. The van der Waals surface area contributed by atoms with Gasteiger partial charge in [0.1, 0.15) is 0 Å². The minimum atomic E-state index is 0.199. The lowest BCUT2D eigenvalue weighted by Crippen LogP contribution is -2.36. The number of aryl methyl sites for hydroxylation is 1. The van der Waals surface area contributed by atoms with Crippen molar-refractivity contribution in [1.82, 2.24) is 4.90 Å². The Morgan fingerprint density at radius 1 is 1.17 bits per heavy atom. The van der Waals surface area contributed by atoms with E-state index in [1.165, 1.54) is 30.4 Å². The standard InChI is InChI=1S/C19H29NO3/c21-12-10-20(11-14-22-15-17-7-4-13-23-17)19-9-3-6-16-5-1-2-8-18(16)19/h1-2,5,8,17,19,21H,3-4,6-7,9-15H2. The smallest absolute Gasteiger partial charge is 0.0809 e. The van der Waals surface area contributed by atoms with Gasteiger partial charge < -0.3 is 14.6 Å². The molecule has 1 heterocycles. The lowest BCUT2D eigenvalue weighted by atomic mass is 9.87. The number of aliphatic hydroxyl groups is 1. The van der Waals surface area contributed by atoms with E-state index in [2.05, 4.69) is 29.2 Å². The first-order valence-corrected chi connectivity index (χ1v) is 9.00. The van der Waals surface area contributed by atoms with Gasteiger partial charge >= 0.3 is 0 Å². The number of nitrogens with zero attached hydrogens (tertiary/aromatic N) is 1. The zero-order valence-corrected chi connectivity index (χ0v) is 14.0. The first-order chi connectivity index (χ1) is 11.4. The molecule has 1 N–H and O–H groups in total. The van der Waals surface area contributed by atoms with E-state index in [1.807, 2.05) is 0 Å². The van der Waals surface area contributed by atoms with Crippen LogP contribution in [0.2, 0.25) is 0 Å². The molecule has 1 aromatic carbocycles. The maximum absolute atomic E-state index is 9.44. The molecular weight excluding hydrogens is 290 g/mol. The predicted molar refractivity (Wildman–Crippen MR) is 90.6 cm³/mol. The Hall–Kier alpha value is -0.940. The normalized spacial score (nSPS) is 24.1. The van der Waals surface area contributed by atoms with Gasteiger partial charge in [-0.05, 0) is 43.2 Å². The Kier molecular flexibility index (Phi) is 6.46. The molecule has 128 valence electrons. The third-order valence-corrected chi connectivity index (χ3v) is 5.02. The maximum atomic E-state index is 9.44. The van der Waals surface area contributed by atoms with Crippen LogP contribution in [0, 0.1) is 0 Å². The third-order valence-electron chi connectivity index (χ3n) is 5.02. The van der Waals surface area contributed by atoms with Gasteiger partial charge in [-0.2, -0.15) is 0 Å². The van der Waals surface area contributed by atoms with Crippen molar-refractivity contribution in [1.29, 1.82) is 0 Å². The monoisotopic (exact) mass is 319 g/mol. The Bertz CT molecular complexity index is 473. The molecule has 2 atom stereocenters. The second kappa shape index (κ2) is 8.78. The molecule has 4 nitrogen and oxygen atoms in total. The molecule has 1 aliphatic heterocycles. The van der Waals surface area contributed by atoms with Gasteiger partial charge in [-0.3, -0.25) is 4.90 Å². The van der Waals surface area contributed by atoms with Crippen molar-refractivity contribution in [3.63, 3.8) is 0 Å². The maximum Gasteiger partial charge on any atom is 0.0809 e. The van der Waals surface area contributed by atoms with E-state index in [1.54, 1.807) is 0 Å². The largest absolute Gasteiger partial charge is 0.395 e. The van der Waals surface area contributed by atoms with Gasteiger partial charge in [0.05, 0.1) is 25.9 Å². The molecule has 4 heteroatoms. The van der Waals surface area contributed by atoms with E-state index < -0.39 is 0 Å². The van der Waals surface area contributed by atoms with Crippen molar-refractivity contribution >= 4 is 0 Å². The van der Waals surface area contributed by atoms with Crippen molar-refractivity contribution in [3.05, 3.63) is 35.4 Å². The van der Waals surface area contributed by atoms with Crippen LogP contribution in [0.15, 0.2) is 24.3 Å². The third kappa shape index (κ3) is 4.54. The number of ether oxygens (including phenoxy) is 2. The Morgan fingerprint density at radius 3 is 2.91 bits per heavy atom. The molecular formula is C19H29NO3. The van der Waals surface area contributed by atoms with Gasteiger partial charge in [-0.25, -0.2) is 0 Å². The minimum absolute atomic E-state index is 0.199. The fourth-order valence-corrected chi connectivity index (χ4v) is 3.83. The minimum Gasteiger partial charge on any atom is -0.395 e. The summed E-state index contributed by atoms with van der Waals surface area (Å²) in [6.07, 6.45) is 6.13. The fraction of sp³-hybridized carbons (Fsp3) is 0.684. The van der Waals surface area contributed by atoms with E-state index in [0.717, 1.165) is 26.0 Å². The van der Waals surface area contributed by atoms with E-state index in [-0.39, 0.29) is 12.7 Å². The van der Waals surface area contributed by atoms with Crippen LogP contribution in [-0.4, -0.2) is 55.6 Å². The quantitative estimate of drug-likeness (QED) is 0.748. The molecule has 1 aromatic rings. The first kappa shape index (κ1) is 16.9. The van der Waals surface area contributed by atoms with Gasteiger partial charge in [0.15, 0.2) is 0 Å². The topological polar surface area (TPSA) is 41.9 Å². The molecule has 0 bridgehead atoms. The zero-order valence-electron chi connectivity index (χ0n) is 14.0. The molecule has 1 saturated heterocycles. The Balaban J connectivity index is 1.54. The lowest BCUT2D eigenvalue weighted by Gasteiger charge is -2.35. The van der Waals surface area contributed by atoms with Crippen molar-refractivity contribution in [2.24, 2.45) is 0 Å². The summed E-state index contributed by atoms with van der Waals surface area (Å²) in [7, 11) is 0. The molecule has 2 aliphatic rings. The number of fused-ring (bicyclic) bond motifs is 1. The fourth-order valence-electron chi connectivity index (χ4n) is 3.83. The highest BCUT2D eigenvalue weighted by Crippen LogP contribution is 2.33. The molecule has 0 aromatic heterocycles. The van der Waals surface area contributed by atoms with Crippen molar-refractivity contribution < 1.29 is 14.6 Å². The molecule has 1 fully saturated rings. The van der Waals surface area contributed by atoms with Crippen LogP contribution in [0.4, 0.5) is 0 Å². The van der Waals surface area contributed by atoms with Crippen molar-refractivity contribution in [2.45, 2.75) is 44.2 Å². The molecule has 0 amide bonds. The number of rotatable bonds is 8. The highest BCUT2D eigenvalue weighted by atomic mass is 16.5. The first-order valence-electron chi connectivity index (χ1n) is 9.00. The van der Waals surface area contributed by atoms with Crippen LogP contribution >= 0.6 is 0 Å². The summed E-state index contributed by atoms with van der Waals surface area (Å²) < 4.78 is 11.4. The second-order valence-electron chi connectivity index (χ2n) is 6.58. The van der Waals surface area contributed by atoms with Crippen molar-refractivity contribution in [2.75, 3.05) is 39.5 Å². The van der Waals surface area contributed by atoms with E-state index in [9.17, 15) is 5.11 Å². The molecule has 3 rings (SSSR count). The average Bonchev–Trinajstić information content (AvgIpc) is 3.11. The average molecular weight is 319 g/mol. The number of hydrogen-bond donors (Lipinski definition) is 1. The number of aliphatic hydroxyl groups excluding tert-OH is 1. The summed E-state index contributed by atoms with van der Waals surface area (Å²) in [5.74, 6) is 0. The van der Waals surface area contributed by atoms with Crippen LogP contribution in [0.1, 0.15) is 42.9 Å². The molecule has 23 heavy (non-hydrogen) atoms. The van der Waals surface area contributed by atoms with Gasteiger partial charge in [-0.1, -0.05) is 24.3 Å². The van der Waals surface area contributed by atoms with Crippen LogP contribution in [-0.2, 0) is 15.9 Å². The Morgan fingerprint density at radius 2 is 2.09 bits per heavy atom. The highest BCUT2D eigenvalue weighted by molar-refractivity contribution is 5.32. The van der Waals surface area contributed by atoms with E-state index in [4.69, 9.17) is 9.47 Å². The van der Waals surface area contributed by atoms with E-state index >= 15 is 0 Å². The molecule has 0 saturated carbocycles. The Labute approximate surface area is 139 Å². The molecule has 1 aliphatic carbocycles. The summed E-state index contributed by atoms with van der Waals surface area (Å²) in [4.78, 5) is 2.38. The summed E-state index contributed by atoms with van der Waals surface area (Å²) >= 11 is 0. The summed E-state index contributed by atoms with van der Waals surface area (Å²) in [6, 6.07) is 9.16. The molecule has 0 radical (unpaired) electrons. The summed E-state index contributed by atoms with van der Waals surface area (Å²) in [5, 5.41) is 9.44. The van der Waals surface area contributed by atoms with E-state index in [0.29, 0.717) is 25.8 Å². The summed E-state index contributed by atoms with van der Waals surface area (Å²) in [6.45, 7) is 4.06. The van der Waals surface area contributed by atoms with Crippen LogP contribution < -0.4 is 0 Å². The van der Waals surface area contributed by atoms with Crippen molar-refractivity contribution in [3.8, 4) is 0 Å². The van der Waals surface area contributed by atoms with Crippen LogP contribution in [0.25, 0.3) is 0 Å². The SMILES string of the molecule is OCCN(CCOCC1CCCO1)C1CCCc2ccccc21. The second-order valence-corrected chi connectivity index (χ2v) is 6.58. The van der Waals surface area contributed by atoms with Crippen LogP contribution in [0.5, 0.6) is 0 Å².